The Hall–Kier alpha value is -4.55. The molecule has 11 nitrogen and oxygen atoms in total. The minimum atomic E-state index is -1.08. The zero-order chi connectivity index (χ0) is 30.6. The summed E-state index contributed by atoms with van der Waals surface area (Å²) in [6, 6.07) is 12.9. The smallest absolute Gasteiger partial charge is 0.354 e. The number of aryl methyl sites for hydroxylation is 1. The van der Waals surface area contributed by atoms with Gasteiger partial charge in [0.1, 0.15) is 24.1 Å². The Balaban J connectivity index is 1.10. The molecule has 4 aromatic heterocycles. The van der Waals surface area contributed by atoms with E-state index in [2.05, 4.69) is 19.9 Å². The molecule has 1 saturated heterocycles. The van der Waals surface area contributed by atoms with Gasteiger partial charge in [-0.1, -0.05) is 17.7 Å². The first-order chi connectivity index (χ1) is 21.4. The zero-order valence-corrected chi connectivity index (χ0v) is 24.8. The number of piperidine rings is 1. The number of hydrogen-bond donors (Lipinski definition) is 1. The summed E-state index contributed by atoms with van der Waals surface area (Å²) in [5, 5.41) is 9.83. The highest BCUT2D eigenvalue weighted by atomic mass is 35.5. The lowest BCUT2D eigenvalue weighted by Gasteiger charge is -2.31. The molecular weight excluding hydrogens is 589 g/mol. The SMILES string of the molecule is CCn1cncc1Cn1c(CN2CCC(Oc3cccc(COc4ccc(Cl)cc4F)n3)CC2)nc2ccc(C(=O)O)nc21. The highest BCUT2D eigenvalue weighted by molar-refractivity contribution is 6.30. The Morgan fingerprint density at radius 2 is 1.93 bits per heavy atom. The number of rotatable bonds is 11. The topological polar surface area (TPSA) is 120 Å². The van der Waals surface area contributed by atoms with Crippen molar-refractivity contribution in [2.75, 3.05) is 13.1 Å². The molecule has 0 spiro atoms. The fraction of sp³-hybridized carbons (Fsp3) is 0.323. The van der Waals surface area contributed by atoms with Gasteiger partial charge in [-0.2, -0.15) is 0 Å². The first-order valence-corrected chi connectivity index (χ1v) is 14.8. The van der Waals surface area contributed by atoms with Crippen molar-refractivity contribution in [3.05, 3.63) is 94.8 Å². The predicted octanol–water partition coefficient (Wildman–Crippen LogP) is 5.20. The van der Waals surface area contributed by atoms with E-state index in [4.69, 9.17) is 26.1 Å². The fourth-order valence-corrected chi connectivity index (χ4v) is 5.44. The Labute approximate surface area is 257 Å². The van der Waals surface area contributed by atoms with Gasteiger partial charge in [-0.3, -0.25) is 4.90 Å². The Kier molecular flexibility index (Phi) is 8.71. The lowest BCUT2D eigenvalue weighted by atomic mass is 10.1. The first kappa shape index (κ1) is 29.5. The standard InChI is InChI=1S/C31H31ClFN7O4/c1-2-39-19-34-15-22(39)16-40-28(36-25-7-8-26(31(41)42)37-30(25)40)17-38-12-10-23(11-13-38)44-29-5-3-4-21(35-29)18-43-27-9-6-20(32)14-24(27)33/h3-9,14-15,19,23H,2,10-13,16-18H2,1H3,(H,41,42). The third-order valence-electron chi connectivity index (χ3n) is 7.59. The maximum atomic E-state index is 14.1. The molecule has 228 valence electrons. The summed E-state index contributed by atoms with van der Waals surface area (Å²) in [5.41, 5.74) is 2.78. The van der Waals surface area contributed by atoms with E-state index in [1.807, 2.05) is 28.3 Å². The molecule has 1 N–H and O–H groups in total. The largest absolute Gasteiger partial charge is 0.484 e. The lowest BCUT2D eigenvalue weighted by molar-refractivity contribution is 0.0691. The zero-order valence-electron chi connectivity index (χ0n) is 24.1. The van der Waals surface area contributed by atoms with Gasteiger partial charge in [0.2, 0.25) is 5.88 Å². The van der Waals surface area contributed by atoms with Gasteiger partial charge in [-0.15, -0.1) is 0 Å². The van der Waals surface area contributed by atoms with Gasteiger partial charge in [-0.25, -0.2) is 29.1 Å². The normalized spacial score (nSPS) is 14.2. The molecule has 1 aromatic carbocycles. The van der Waals surface area contributed by atoms with Gasteiger partial charge in [0.25, 0.3) is 0 Å². The molecule has 5 heterocycles. The molecule has 1 aliphatic heterocycles. The number of halogens is 2. The number of nitrogens with zero attached hydrogens (tertiary/aromatic N) is 7. The van der Waals surface area contributed by atoms with Crippen LogP contribution in [0.15, 0.2) is 61.1 Å². The van der Waals surface area contributed by atoms with Crippen molar-refractivity contribution in [2.24, 2.45) is 0 Å². The number of carbonyl (C=O) groups is 1. The summed E-state index contributed by atoms with van der Waals surface area (Å²) in [7, 11) is 0. The van der Waals surface area contributed by atoms with Crippen LogP contribution in [-0.4, -0.2) is 64.2 Å². The second kappa shape index (κ2) is 13.0. The number of likely N-dealkylation sites (tertiary alicyclic amines) is 1. The first-order valence-electron chi connectivity index (χ1n) is 14.4. The highest BCUT2D eigenvalue weighted by Crippen LogP contribution is 2.24. The molecule has 0 unspecified atom stereocenters. The number of carboxylic acid groups (broad SMARTS) is 1. The second-order valence-corrected chi connectivity index (χ2v) is 11.0. The van der Waals surface area contributed by atoms with Crippen molar-refractivity contribution in [3.63, 3.8) is 0 Å². The van der Waals surface area contributed by atoms with Crippen molar-refractivity contribution in [3.8, 4) is 11.6 Å². The van der Waals surface area contributed by atoms with Crippen LogP contribution in [0.4, 0.5) is 4.39 Å². The molecule has 0 radical (unpaired) electrons. The third-order valence-corrected chi connectivity index (χ3v) is 7.82. The van der Waals surface area contributed by atoms with Gasteiger partial charge < -0.3 is 23.7 Å². The van der Waals surface area contributed by atoms with Crippen LogP contribution in [0.2, 0.25) is 5.02 Å². The fourth-order valence-electron chi connectivity index (χ4n) is 5.28. The molecule has 0 atom stereocenters. The van der Waals surface area contributed by atoms with Gasteiger partial charge in [0, 0.05) is 36.9 Å². The summed E-state index contributed by atoms with van der Waals surface area (Å²) >= 11 is 5.82. The maximum Gasteiger partial charge on any atom is 0.354 e. The molecule has 0 saturated carbocycles. The van der Waals surface area contributed by atoms with Crippen LogP contribution < -0.4 is 9.47 Å². The van der Waals surface area contributed by atoms with Crippen molar-refractivity contribution < 1.29 is 23.8 Å². The number of imidazole rings is 2. The monoisotopic (exact) mass is 619 g/mol. The lowest BCUT2D eigenvalue weighted by Crippen LogP contribution is -2.38. The van der Waals surface area contributed by atoms with Gasteiger partial charge in [0.05, 0.1) is 30.8 Å². The quantitative estimate of drug-likeness (QED) is 0.213. The van der Waals surface area contributed by atoms with Crippen molar-refractivity contribution in [1.82, 2.24) is 34.0 Å². The maximum absolute atomic E-state index is 14.1. The summed E-state index contributed by atoms with van der Waals surface area (Å²) in [6.45, 7) is 5.54. The van der Waals surface area contributed by atoms with E-state index in [1.54, 1.807) is 30.6 Å². The number of fused-ring (bicyclic) bond motifs is 1. The summed E-state index contributed by atoms with van der Waals surface area (Å²) in [6.07, 6.45) is 5.17. The number of ether oxygens (including phenoxy) is 2. The molecule has 6 rings (SSSR count). The van der Waals surface area contributed by atoms with Crippen LogP contribution in [0.3, 0.4) is 0 Å². The van der Waals surface area contributed by atoms with Crippen LogP contribution in [0.1, 0.15) is 47.5 Å². The average molecular weight is 620 g/mol. The summed E-state index contributed by atoms with van der Waals surface area (Å²) in [5.74, 6) is -0.191. The Morgan fingerprint density at radius 3 is 2.70 bits per heavy atom. The average Bonchev–Trinajstić information content (AvgIpc) is 3.61. The van der Waals surface area contributed by atoms with E-state index in [9.17, 15) is 14.3 Å². The van der Waals surface area contributed by atoms with Crippen LogP contribution in [0.25, 0.3) is 11.2 Å². The number of pyridine rings is 2. The van der Waals surface area contributed by atoms with E-state index in [1.165, 1.54) is 18.2 Å². The van der Waals surface area contributed by atoms with Crippen LogP contribution in [0.5, 0.6) is 11.6 Å². The number of aromatic nitrogens is 6. The highest BCUT2D eigenvalue weighted by Gasteiger charge is 2.24. The Bertz CT molecular complexity index is 1780. The number of benzene rings is 1. The molecule has 1 aliphatic rings. The molecule has 13 heteroatoms. The van der Waals surface area contributed by atoms with Crippen molar-refractivity contribution in [1.29, 1.82) is 0 Å². The predicted molar refractivity (Wildman–Crippen MR) is 160 cm³/mol. The molecule has 0 amide bonds. The minimum Gasteiger partial charge on any atom is -0.484 e. The minimum absolute atomic E-state index is 0.0128. The van der Waals surface area contributed by atoms with Crippen molar-refractivity contribution >= 4 is 28.7 Å². The molecular formula is C31H31ClFN7O4. The van der Waals surface area contributed by atoms with E-state index in [0.29, 0.717) is 40.8 Å². The Morgan fingerprint density at radius 1 is 1.09 bits per heavy atom. The van der Waals surface area contributed by atoms with E-state index < -0.39 is 11.8 Å². The molecule has 44 heavy (non-hydrogen) atoms. The number of hydrogen-bond acceptors (Lipinski definition) is 8. The van der Waals surface area contributed by atoms with Crippen LogP contribution in [0, 0.1) is 5.82 Å². The summed E-state index contributed by atoms with van der Waals surface area (Å²) in [4.78, 5) is 32.0. The van der Waals surface area contributed by atoms with Gasteiger partial charge in [0.15, 0.2) is 22.9 Å². The second-order valence-electron chi connectivity index (χ2n) is 10.6. The van der Waals surface area contributed by atoms with Crippen LogP contribution >= 0.6 is 11.6 Å². The van der Waals surface area contributed by atoms with Gasteiger partial charge in [-0.05, 0) is 56.2 Å². The number of aromatic carboxylic acids is 1. The molecule has 1 fully saturated rings. The van der Waals surface area contributed by atoms with Gasteiger partial charge >= 0.3 is 5.97 Å². The van der Waals surface area contributed by atoms with Crippen molar-refractivity contribution in [2.45, 2.75) is 52.1 Å². The number of carboxylic acids is 1. The van der Waals surface area contributed by atoms with E-state index in [-0.39, 0.29) is 24.2 Å². The van der Waals surface area contributed by atoms with E-state index in [0.717, 1.165) is 44.0 Å². The molecule has 0 aliphatic carbocycles. The summed E-state index contributed by atoms with van der Waals surface area (Å²) < 4.78 is 29.9. The third kappa shape index (κ3) is 6.66. The molecule has 0 bridgehead atoms. The molecule has 5 aromatic rings. The van der Waals surface area contributed by atoms with Crippen LogP contribution in [-0.2, 0) is 26.2 Å². The van der Waals surface area contributed by atoms with E-state index >= 15 is 0 Å².